The molecule has 1 fully saturated rings. The topological polar surface area (TPSA) is 76.0 Å². The van der Waals surface area contributed by atoms with Crippen LogP contribution in [0.25, 0.3) is 0 Å². The molecule has 1 heterocycles. The quantitative estimate of drug-likeness (QED) is 0.399. The monoisotopic (exact) mass is 316 g/mol. The summed E-state index contributed by atoms with van der Waals surface area (Å²) in [7, 11) is 0. The van der Waals surface area contributed by atoms with Crippen molar-refractivity contribution in [2.24, 2.45) is 0 Å². The number of ether oxygens (including phenoxy) is 2. The Balaban J connectivity index is 2.71. The SMILES string of the molecule is CC(=O)O[C@H]1[C@H](O)[C@@H](C)O[C@@H](O)[C@@H]1I. The van der Waals surface area contributed by atoms with E-state index in [1.165, 1.54) is 6.92 Å². The van der Waals surface area contributed by atoms with E-state index in [0.29, 0.717) is 0 Å². The van der Waals surface area contributed by atoms with Gasteiger partial charge in [-0.25, -0.2) is 0 Å². The van der Waals surface area contributed by atoms with Gasteiger partial charge in [0.25, 0.3) is 0 Å². The second-order valence-corrected chi connectivity index (χ2v) is 4.68. The minimum atomic E-state index is -1.02. The number of rotatable bonds is 1. The van der Waals surface area contributed by atoms with Gasteiger partial charge in [-0.15, -0.1) is 0 Å². The smallest absolute Gasteiger partial charge is 0.303 e. The first-order valence-electron chi connectivity index (χ1n) is 4.26. The van der Waals surface area contributed by atoms with Crippen LogP contribution in [0.3, 0.4) is 0 Å². The lowest BCUT2D eigenvalue weighted by atomic mass is 10.0. The lowest BCUT2D eigenvalue weighted by Gasteiger charge is -2.38. The van der Waals surface area contributed by atoms with E-state index in [2.05, 4.69) is 0 Å². The summed E-state index contributed by atoms with van der Waals surface area (Å²) in [5.41, 5.74) is 0. The van der Waals surface area contributed by atoms with Gasteiger partial charge in [0.15, 0.2) is 6.29 Å². The van der Waals surface area contributed by atoms with Crippen molar-refractivity contribution < 1.29 is 24.5 Å². The third-order valence-corrected chi connectivity index (χ3v) is 3.38. The number of carbonyl (C=O) groups excluding carboxylic acids is 1. The second-order valence-electron chi connectivity index (χ2n) is 3.24. The number of esters is 1. The van der Waals surface area contributed by atoms with E-state index in [-0.39, 0.29) is 0 Å². The van der Waals surface area contributed by atoms with Crippen LogP contribution in [-0.2, 0) is 14.3 Å². The summed E-state index contributed by atoms with van der Waals surface area (Å²) in [6.45, 7) is 2.88. The third kappa shape index (κ3) is 2.56. The van der Waals surface area contributed by atoms with Crippen LogP contribution in [0.5, 0.6) is 0 Å². The number of halogens is 1. The van der Waals surface area contributed by atoms with E-state index in [1.807, 2.05) is 22.6 Å². The first-order chi connectivity index (χ1) is 6.43. The Kier molecular flexibility index (Phi) is 4.11. The second kappa shape index (κ2) is 4.73. The fraction of sp³-hybridized carbons (Fsp3) is 0.875. The number of hydrogen-bond donors (Lipinski definition) is 2. The molecule has 0 radical (unpaired) electrons. The van der Waals surface area contributed by atoms with E-state index in [9.17, 15) is 15.0 Å². The van der Waals surface area contributed by atoms with Gasteiger partial charge in [0.05, 0.1) is 6.10 Å². The molecule has 1 aliphatic rings. The molecule has 0 aliphatic carbocycles. The van der Waals surface area contributed by atoms with E-state index in [0.717, 1.165) is 0 Å². The van der Waals surface area contributed by atoms with Crippen molar-refractivity contribution >= 4 is 28.6 Å². The molecule has 2 N–H and O–H groups in total. The number of alkyl halides is 1. The predicted molar refractivity (Wildman–Crippen MR) is 55.9 cm³/mol. The predicted octanol–water partition coefficient (Wildman–Crippen LogP) is -0.180. The average Bonchev–Trinajstić information content (AvgIpc) is 2.09. The van der Waals surface area contributed by atoms with Gasteiger partial charge in [0, 0.05) is 6.92 Å². The van der Waals surface area contributed by atoms with E-state index < -0.39 is 34.5 Å². The molecule has 0 saturated carbocycles. The molecule has 82 valence electrons. The first-order valence-corrected chi connectivity index (χ1v) is 5.51. The summed E-state index contributed by atoms with van der Waals surface area (Å²) in [5.74, 6) is -0.475. The molecule has 5 nitrogen and oxygen atoms in total. The third-order valence-electron chi connectivity index (χ3n) is 2.06. The van der Waals surface area contributed by atoms with Crippen molar-refractivity contribution in [3.05, 3.63) is 0 Å². The fourth-order valence-corrected chi connectivity index (χ4v) is 2.06. The van der Waals surface area contributed by atoms with Crippen LogP contribution in [0.1, 0.15) is 13.8 Å². The molecule has 0 aromatic heterocycles. The lowest BCUT2D eigenvalue weighted by Crippen LogP contribution is -2.55. The van der Waals surface area contributed by atoms with Crippen LogP contribution < -0.4 is 0 Å². The Labute approximate surface area is 95.5 Å². The van der Waals surface area contributed by atoms with E-state index in [4.69, 9.17) is 9.47 Å². The number of aliphatic hydroxyl groups excluding tert-OH is 2. The Morgan fingerprint density at radius 3 is 2.57 bits per heavy atom. The van der Waals surface area contributed by atoms with Gasteiger partial charge in [0.1, 0.15) is 16.1 Å². The normalized spacial score (nSPS) is 43.4. The first kappa shape index (κ1) is 12.2. The zero-order valence-electron chi connectivity index (χ0n) is 7.88. The summed E-state index contributed by atoms with van der Waals surface area (Å²) in [6, 6.07) is 0. The molecule has 1 aliphatic heterocycles. The van der Waals surface area contributed by atoms with Gasteiger partial charge in [-0.2, -0.15) is 0 Å². The van der Waals surface area contributed by atoms with Gasteiger partial charge in [0.2, 0.25) is 0 Å². The average molecular weight is 316 g/mol. The van der Waals surface area contributed by atoms with Gasteiger partial charge >= 0.3 is 5.97 Å². The van der Waals surface area contributed by atoms with Crippen molar-refractivity contribution in [2.75, 3.05) is 0 Å². The molecule has 5 atom stereocenters. The Morgan fingerprint density at radius 2 is 2.07 bits per heavy atom. The molecule has 0 aromatic carbocycles. The van der Waals surface area contributed by atoms with Crippen molar-refractivity contribution in [1.82, 2.24) is 0 Å². The van der Waals surface area contributed by atoms with Crippen molar-refractivity contribution in [1.29, 1.82) is 0 Å². The van der Waals surface area contributed by atoms with Crippen molar-refractivity contribution in [3.8, 4) is 0 Å². The molecule has 0 unspecified atom stereocenters. The molecule has 0 bridgehead atoms. The Morgan fingerprint density at radius 1 is 1.50 bits per heavy atom. The molecule has 0 amide bonds. The molecule has 1 rings (SSSR count). The summed E-state index contributed by atoms with van der Waals surface area (Å²) in [5, 5.41) is 19.1. The van der Waals surface area contributed by atoms with Crippen molar-refractivity contribution in [2.45, 2.75) is 42.4 Å². The molecule has 6 heteroatoms. The molecule has 14 heavy (non-hydrogen) atoms. The Hall–Kier alpha value is 0.0800. The van der Waals surface area contributed by atoms with Crippen LogP contribution in [0, 0.1) is 0 Å². The Bertz CT molecular complexity index is 208. The van der Waals surface area contributed by atoms with Crippen LogP contribution in [0.15, 0.2) is 0 Å². The summed E-state index contributed by atoms with van der Waals surface area (Å²) in [4.78, 5) is 10.8. The molecular weight excluding hydrogens is 303 g/mol. The highest BCUT2D eigenvalue weighted by Gasteiger charge is 2.43. The maximum Gasteiger partial charge on any atom is 0.303 e. The number of hydrogen-bond acceptors (Lipinski definition) is 5. The van der Waals surface area contributed by atoms with E-state index in [1.54, 1.807) is 6.92 Å². The maximum atomic E-state index is 10.8. The van der Waals surface area contributed by atoms with Crippen LogP contribution in [0.4, 0.5) is 0 Å². The van der Waals surface area contributed by atoms with Crippen molar-refractivity contribution in [3.63, 3.8) is 0 Å². The van der Waals surface area contributed by atoms with Crippen LogP contribution in [0.2, 0.25) is 0 Å². The minimum Gasteiger partial charge on any atom is -0.458 e. The number of aliphatic hydroxyl groups is 2. The van der Waals surface area contributed by atoms with Crippen LogP contribution >= 0.6 is 22.6 Å². The minimum absolute atomic E-state index is 0.456. The van der Waals surface area contributed by atoms with Gasteiger partial charge < -0.3 is 19.7 Å². The zero-order valence-corrected chi connectivity index (χ0v) is 10.0. The number of carbonyl (C=O) groups is 1. The highest BCUT2D eigenvalue weighted by atomic mass is 127. The summed E-state index contributed by atoms with van der Waals surface area (Å²) in [6.07, 6.45) is -3.17. The standard InChI is InChI=1S/C8H13IO5/c1-3-6(11)7(14-4(2)10)5(9)8(12)13-3/h3,5-8,11-12H,1-2H3/t3-,5-,6-,7-,8-/m1/s1. The largest absolute Gasteiger partial charge is 0.458 e. The maximum absolute atomic E-state index is 10.8. The van der Waals surface area contributed by atoms with Gasteiger partial charge in [-0.3, -0.25) is 4.79 Å². The van der Waals surface area contributed by atoms with Crippen LogP contribution in [-0.4, -0.2) is 44.7 Å². The highest BCUT2D eigenvalue weighted by Crippen LogP contribution is 2.27. The highest BCUT2D eigenvalue weighted by molar-refractivity contribution is 14.1. The van der Waals surface area contributed by atoms with Gasteiger partial charge in [-0.1, -0.05) is 22.6 Å². The zero-order chi connectivity index (χ0) is 10.9. The molecule has 0 spiro atoms. The van der Waals surface area contributed by atoms with Gasteiger partial charge in [-0.05, 0) is 6.92 Å². The van der Waals surface area contributed by atoms with E-state index >= 15 is 0 Å². The lowest BCUT2D eigenvalue weighted by molar-refractivity contribution is -0.226. The molecule has 1 saturated heterocycles. The molecule has 0 aromatic rings. The summed E-state index contributed by atoms with van der Waals surface area (Å²) >= 11 is 1.89. The summed E-state index contributed by atoms with van der Waals surface area (Å²) < 4.78 is 9.49. The molecular formula is C8H13IO5. The fourth-order valence-electron chi connectivity index (χ4n) is 1.32.